The molecule has 1 saturated heterocycles. The van der Waals surface area contributed by atoms with Crippen molar-refractivity contribution in [2.24, 2.45) is 0 Å². The number of carbonyl (C=O) groups excluding carboxylic acids is 1. The number of hydrogen-bond donors (Lipinski definition) is 4. The van der Waals surface area contributed by atoms with Gasteiger partial charge in [-0.05, 0) is 45.0 Å². The third kappa shape index (κ3) is 4.64. The molecule has 2 atom stereocenters. The molecular formula is C22H28N6O5S. The van der Waals surface area contributed by atoms with Crippen molar-refractivity contribution in [3.63, 3.8) is 0 Å². The molecule has 0 spiro atoms. The van der Waals surface area contributed by atoms with Gasteiger partial charge in [-0.3, -0.25) is 4.72 Å². The van der Waals surface area contributed by atoms with Crippen molar-refractivity contribution in [3.05, 3.63) is 36.5 Å². The van der Waals surface area contributed by atoms with E-state index in [4.69, 9.17) is 4.74 Å². The molecule has 4 rings (SSSR count). The van der Waals surface area contributed by atoms with Crippen molar-refractivity contribution in [2.45, 2.75) is 44.1 Å². The number of aliphatic hydroxyl groups excluding tert-OH is 1. The van der Waals surface area contributed by atoms with Gasteiger partial charge in [-0.25, -0.2) is 13.2 Å². The van der Waals surface area contributed by atoms with E-state index in [1.165, 1.54) is 7.11 Å². The number of anilines is 4. The van der Waals surface area contributed by atoms with E-state index in [0.29, 0.717) is 28.2 Å². The minimum Gasteiger partial charge on any atom is -0.467 e. The van der Waals surface area contributed by atoms with Crippen molar-refractivity contribution < 1.29 is 23.1 Å². The number of carbonyl (C=O) groups is 1. The second-order valence-electron chi connectivity index (χ2n) is 9.12. The number of nitrogens with zero attached hydrogens (tertiary/aromatic N) is 3. The van der Waals surface area contributed by atoms with E-state index in [1.54, 1.807) is 62.2 Å². The second-order valence-corrected chi connectivity index (χ2v) is 11.6. The molecule has 34 heavy (non-hydrogen) atoms. The predicted octanol–water partition coefficient (Wildman–Crippen LogP) is 2.35. The lowest BCUT2D eigenvalue weighted by Crippen LogP contribution is -2.37. The molecule has 1 aliphatic rings. The van der Waals surface area contributed by atoms with Crippen LogP contribution < -0.4 is 14.9 Å². The standard InChI is InChI=1S/C22H28N6O5S/c1-22(2,3)34(31,32)27-14-7-5-6-13(10-14)24-21-25-18-16(8-9-23-18)19(26-21)28-12-15(29)11-17(28)20(30)33-4/h5-10,15,17,27,29H,11-12H2,1-4H3,(H2,23,24,25,26). The molecule has 182 valence electrons. The van der Waals surface area contributed by atoms with Crippen molar-refractivity contribution in [3.8, 4) is 0 Å². The Hall–Kier alpha value is -3.38. The summed E-state index contributed by atoms with van der Waals surface area (Å²) in [7, 11) is -2.28. The molecule has 0 aliphatic carbocycles. The zero-order valence-electron chi connectivity index (χ0n) is 19.4. The average molecular weight is 489 g/mol. The maximum absolute atomic E-state index is 12.5. The summed E-state index contributed by atoms with van der Waals surface area (Å²) in [6, 6.07) is 7.89. The van der Waals surface area contributed by atoms with Crippen LogP contribution in [0.1, 0.15) is 27.2 Å². The Balaban J connectivity index is 1.66. The highest BCUT2D eigenvalue weighted by atomic mass is 32.2. The van der Waals surface area contributed by atoms with Crippen LogP contribution in [0.3, 0.4) is 0 Å². The van der Waals surface area contributed by atoms with Gasteiger partial charge < -0.3 is 25.0 Å². The van der Waals surface area contributed by atoms with Gasteiger partial charge in [0.05, 0.1) is 29.0 Å². The number of benzene rings is 1. The summed E-state index contributed by atoms with van der Waals surface area (Å²) in [5.41, 5.74) is 1.51. The van der Waals surface area contributed by atoms with Crippen LogP contribution in [0.5, 0.6) is 0 Å². The monoisotopic (exact) mass is 488 g/mol. The molecule has 2 aromatic heterocycles. The van der Waals surface area contributed by atoms with Crippen LogP contribution in [0.4, 0.5) is 23.1 Å². The fraction of sp³-hybridized carbons (Fsp3) is 0.409. The highest BCUT2D eigenvalue weighted by Gasteiger charge is 2.38. The maximum atomic E-state index is 12.5. The van der Waals surface area contributed by atoms with Crippen LogP contribution in [-0.2, 0) is 19.6 Å². The number of nitrogens with one attached hydrogen (secondary N) is 3. The molecule has 3 aromatic rings. The maximum Gasteiger partial charge on any atom is 0.328 e. The van der Waals surface area contributed by atoms with Gasteiger partial charge in [0.2, 0.25) is 16.0 Å². The number of rotatable bonds is 6. The summed E-state index contributed by atoms with van der Waals surface area (Å²) in [6.45, 7) is 5.08. The van der Waals surface area contributed by atoms with E-state index >= 15 is 0 Å². The van der Waals surface area contributed by atoms with E-state index in [9.17, 15) is 18.3 Å². The number of aromatic nitrogens is 3. The van der Waals surface area contributed by atoms with Crippen LogP contribution in [0.15, 0.2) is 36.5 Å². The molecule has 12 heteroatoms. The van der Waals surface area contributed by atoms with E-state index in [2.05, 4.69) is 25.0 Å². The average Bonchev–Trinajstić information content (AvgIpc) is 3.38. The van der Waals surface area contributed by atoms with Crippen LogP contribution in [0.2, 0.25) is 0 Å². The smallest absolute Gasteiger partial charge is 0.328 e. The third-order valence-electron chi connectivity index (χ3n) is 5.60. The lowest BCUT2D eigenvalue weighted by molar-refractivity contribution is -0.142. The second kappa shape index (κ2) is 8.76. The van der Waals surface area contributed by atoms with Crippen LogP contribution in [0.25, 0.3) is 11.0 Å². The first-order valence-corrected chi connectivity index (χ1v) is 12.2. The molecule has 1 fully saturated rings. The summed E-state index contributed by atoms with van der Waals surface area (Å²) in [5.74, 6) is 0.267. The predicted molar refractivity (Wildman–Crippen MR) is 130 cm³/mol. The highest BCUT2D eigenvalue weighted by molar-refractivity contribution is 7.94. The number of sulfonamides is 1. The summed E-state index contributed by atoms with van der Waals surface area (Å²) in [6.07, 6.45) is 1.26. The van der Waals surface area contributed by atoms with Gasteiger partial charge in [0.15, 0.2) is 0 Å². The molecule has 4 N–H and O–H groups in total. The zero-order chi connectivity index (χ0) is 24.7. The van der Waals surface area contributed by atoms with Crippen molar-refractivity contribution in [1.29, 1.82) is 0 Å². The molecule has 0 saturated carbocycles. The first-order valence-electron chi connectivity index (χ1n) is 10.8. The third-order valence-corrected chi connectivity index (χ3v) is 7.71. The Bertz CT molecular complexity index is 1320. The molecule has 1 aromatic carbocycles. The quantitative estimate of drug-likeness (QED) is 0.383. The Kier molecular flexibility index (Phi) is 6.13. The summed E-state index contributed by atoms with van der Waals surface area (Å²) >= 11 is 0. The molecule has 2 unspecified atom stereocenters. The number of methoxy groups -OCH3 is 1. The molecule has 11 nitrogen and oxygen atoms in total. The van der Waals surface area contributed by atoms with Gasteiger partial charge >= 0.3 is 5.97 Å². The fourth-order valence-corrected chi connectivity index (χ4v) is 4.45. The van der Waals surface area contributed by atoms with Crippen LogP contribution in [-0.4, -0.2) is 65.0 Å². The van der Waals surface area contributed by atoms with Crippen LogP contribution >= 0.6 is 0 Å². The zero-order valence-corrected chi connectivity index (χ0v) is 20.2. The van der Waals surface area contributed by atoms with Gasteiger partial charge in [-0.15, -0.1) is 0 Å². The number of H-pyrrole nitrogens is 1. The van der Waals surface area contributed by atoms with Crippen molar-refractivity contribution >= 4 is 50.2 Å². The number of fused-ring (bicyclic) bond motifs is 1. The lowest BCUT2D eigenvalue weighted by atomic mass is 10.2. The molecule has 0 bridgehead atoms. The van der Waals surface area contributed by atoms with E-state index in [0.717, 1.165) is 0 Å². The Labute approximate surface area is 197 Å². The number of β-amino-alcohol motifs (C(OH)–C–C–N with tert-alkyl or cyclic N) is 1. The van der Waals surface area contributed by atoms with Gasteiger partial charge in [0, 0.05) is 24.8 Å². The Morgan fingerprint density at radius 1 is 1.24 bits per heavy atom. The summed E-state index contributed by atoms with van der Waals surface area (Å²) < 4.78 is 31.6. The Morgan fingerprint density at radius 3 is 2.68 bits per heavy atom. The topological polar surface area (TPSA) is 150 Å². The number of aromatic amines is 1. The SMILES string of the molecule is COC(=O)C1CC(O)CN1c1nc(Nc2cccc(NS(=O)(=O)C(C)(C)C)c2)nc2[nH]ccc12. The van der Waals surface area contributed by atoms with E-state index in [-0.39, 0.29) is 18.9 Å². The fourth-order valence-electron chi connectivity index (χ4n) is 3.70. The van der Waals surface area contributed by atoms with E-state index in [1.807, 2.05) is 0 Å². The molecule has 3 heterocycles. The summed E-state index contributed by atoms with van der Waals surface area (Å²) in [4.78, 5) is 26.2. The molecule has 1 aliphatic heterocycles. The lowest BCUT2D eigenvalue weighted by Gasteiger charge is -2.24. The molecule has 0 amide bonds. The minimum absolute atomic E-state index is 0.223. The number of hydrogen-bond acceptors (Lipinski definition) is 9. The first kappa shape index (κ1) is 23.8. The van der Waals surface area contributed by atoms with Crippen molar-refractivity contribution in [2.75, 3.05) is 28.6 Å². The molecule has 0 radical (unpaired) electrons. The number of ether oxygens (including phenoxy) is 1. The Morgan fingerprint density at radius 2 is 1.97 bits per heavy atom. The molecular weight excluding hydrogens is 460 g/mol. The van der Waals surface area contributed by atoms with Gasteiger partial charge in [0.1, 0.15) is 17.5 Å². The highest BCUT2D eigenvalue weighted by Crippen LogP contribution is 2.32. The van der Waals surface area contributed by atoms with Crippen LogP contribution in [0, 0.1) is 0 Å². The van der Waals surface area contributed by atoms with E-state index < -0.39 is 32.9 Å². The number of esters is 1. The minimum atomic E-state index is -3.59. The summed E-state index contributed by atoms with van der Waals surface area (Å²) in [5, 5.41) is 14.0. The first-order chi connectivity index (χ1) is 16.0. The normalized spacial score (nSPS) is 18.8. The largest absolute Gasteiger partial charge is 0.467 e. The van der Waals surface area contributed by atoms with Gasteiger partial charge in [0.25, 0.3) is 0 Å². The van der Waals surface area contributed by atoms with Gasteiger partial charge in [-0.2, -0.15) is 9.97 Å². The van der Waals surface area contributed by atoms with Gasteiger partial charge in [-0.1, -0.05) is 6.07 Å². The van der Waals surface area contributed by atoms with Crippen molar-refractivity contribution in [1.82, 2.24) is 15.0 Å². The number of aliphatic hydroxyl groups is 1.